The third-order valence-electron chi connectivity index (χ3n) is 5.31. The van der Waals surface area contributed by atoms with E-state index in [2.05, 4.69) is 37.6 Å². The third kappa shape index (κ3) is 4.59. The Hall–Kier alpha value is -3.79. The van der Waals surface area contributed by atoms with Crippen LogP contribution < -0.4 is 21.1 Å². The number of nitrogens with zero attached hydrogens (tertiary/aromatic N) is 4. The number of likely N-dealkylation sites (N-methyl/N-ethyl adjacent to an activating group) is 1. The molecule has 1 aliphatic rings. The number of ether oxygens (including phenoxy) is 1. The molecule has 10 heteroatoms. The van der Waals surface area contributed by atoms with Gasteiger partial charge >= 0.3 is 0 Å². The van der Waals surface area contributed by atoms with E-state index in [0.29, 0.717) is 17.1 Å². The standard InChI is InChI=1S/C22H24FN7O2/c1-3-30-8-7-13-10-18(32-2)17(9-14(13)12-30)26-22-27-21(19(20(24)31)28-29-22)25-16-6-4-5-15(23)11-16/h4-6,9-11H,3,7-8,12H2,1-2H3,(H2,24,31)(H2,25,26,27,29). The van der Waals surface area contributed by atoms with Gasteiger partial charge in [0.15, 0.2) is 11.5 Å². The van der Waals surface area contributed by atoms with Crippen molar-refractivity contribution >= 4 is 29.0 Å². The molecular weight excluding hydrogens is 413 g/mol. The lowest BCUT2D eigenvalue weighted by Gasteiger charge is -2.28. The maximum atomic E-state index is 13.6. The van der Waals surface area contributed by atoms with Crippen LogP contribution >= 0.6 is 0 Å². The highest BCUT2D eigenvalue weighted by Crippen LogP contribution is 2.33. The minimum absolute atomic E-state index is 0.0645. The van der Waals surface area contributed by atoms with Crippen molar-refractivity contribution in [1.29, 1.82) is 0 Å². The van der Waals surface area contributed by atoms with Gasteiger partial charge in [-0.3, -0.25) is 9.69 Å². The number of nitrogens with two attached hydrogens (primary N) is 1. The number of hydrogen-bond donors (Lipinski definition) is 3. The summed E-state index contributed by atoms with van der Waals surface area (Å²) in [5.41, 5.74) is 8.76. The van der Waals surface area contributed by atoms with Crippen LogP contribution in [0.1, 0.15) is 28.5 Å². The monoisotopic (exact) mass is 437 g/mol. The molecule has 1 amide bonds. The van der Waals surface area contributed by atoms with E-state index in [4.69, 9.17) is 10.5 Å². The first kappa shape index (κ1) is 21.4. The molecule has 0 fully saturated rings. The fraction of sp³-hybridized carbons (Fsp3) is 0.273. The Morgan fingerprint density at radius 3 is 2.78 bits per heavy atom. The molecule has 9 nitrogen and oxygen atoms in total. The number of amides is 1. The summed E-state index contributed by atoms with van der Waals surface area (Å²) in [4.78, 5) is 18.5. The van der Waals surface area contributed by atoms with Crippen molar-refractivity contribution in [3.05, 3.63) is 59.0 Å². The van der Waals surface area contributed by atoms with Gasteiger partial charge in [0.2, 0.25) is 5.95 Å². The van der Waals surface area contributed by atoms with Gasteiger partial charge in [0, 0.05) is 18.8 Å². The fourth-order valence-corrected chi connectivity index (χ4v) is 3.64. The highest BCUT2D eigenvalue weighted by Gasteiger charge is 2.20. The third-order valence-corrected chi connectivity index (χ3v) is 5.31. The minimum Gasteiger partial charge on any atom is -0.495 e. The average molecular weight is 437 g/mol. The number of hydrogen-bond acceptors (Lipinski definition) is 8. The number of primary amides is 1. The molecule has 0 bridgehead atoms. The van der Waals surface area contributed by atoms with Crippen LogP contribution in [0.4, 0.5) is 27.5 Å². The summed E-state index contributed by atoms with van der Waals surface area (Å²) in [7, 11) is 1.60. The summed E-state index contributed by atoms with van der Waals surface area (Å²) in [5.74, 6) is -0.390. The molecule has 0 saturated heterocycles. The van der Waals surface area contributed by atoms with Crippen molar-refractivity contribution in [2.75, 3.05) is 30.8 Å². The van der Waals surface area contributed by atoms with Gasteiger partial charge in [-0.25, -0.2) is 4.39 Å². The Morgan fingerprint density at radius 1 is 1.22 bits per heavy atom. The molecule has 2 heterocycles. The first-order valence-corrected chi connectivity index (χ1v) is 10.2. The SMILES string of the molecule is CCN1CCc2cc(OC)c(Nc3nnc(C(N)=O)c(Nc4cccc(F)c4)n3)cc2C1. The van der Waals surface area contributed by atoms with Crippen LogP contribution in [0.3, 0.4) is 0 Å². The van der Waals surface area contributed by atoms with Gasteiger partial charge < -0.3 is 21.1 Å². The van der Waals surface area contributed by atoms with Crippen molar-refractivity contribution < 1.29 is 13.9 Å². The van der Waals surface area contributed by atoms with Gasteiger partial charge in [-0.05, 0) is 54.4 Å². The Balaban J connectivity index is 1.66. The molecule has 0 spiro atoms. The Kier molecular flexibility index (Phi) is 6.13. The number of anilines is 4. The molecule has 166 valence electrons. The number of halogens is 1. The predicted octanol–water partition coefficient (Wildman–Crippen LogP) is 2.98. The zero-order valence-electron chi connectivity index (χ0n) is 17.9. The number of methoxy groups -OCH3 is 1. The topological polar surface area (TPSA) is 118 Å². The number of fused-ring (bicyclic) bond motifs is 1. The van der Waals surface area contributed by atoms with Gasteiger partial charge in [-0.15, -0.1) is 10.2 Å². The number of aromatic nitrogens is 3. The molecule has 0 saturated carbocycles. The first-order valence-electron chi connectivity index (χ1n) is 10.2. The van der Waals surface area contributed by atoms with Crippen LogP contribution in [0.5, 0.6) is 5.75 Å². The summed E-state index contributed by atoms with van der Waals surface area (Å²) in [6.45, 7) is 4.97. The van der Waals surface area contributed by atoms with E-state index in [1.165, 1.54) is 29.3 Å². The summed E-state index contributed by atoms with van der Waals surface area (Å²) in [5, 5.41) is 13.9. The quantitative estimate of drug-likeness (QED) is 0.516. The van der Waals surface area contributed by atoms with Crippen molar-refractivity contribution in [1.82, 2.24) is 20.1 Å². The highest BCUT2D eigenvalue weighted by molar-refractivity contribution is 5.96. The zero-order valence-corrected chi connectivity index (χ0v) is 17.9. The molecule has 1 aromatic heterocycles. The normalized spacial score (nSPS) is 13.3. The highest BCUT2D eigenvalue weighted by atomic mass is 19.1. The van der Waals surface area contributed by atoms with E-state index >= 15 is 0 Å². The second-order valence-electron chi connectivity index (χ2n) is 7.40. The van der Waals surface area contributed by atoms with Gasteiger partial charge in [0.25, 0.3) is 5.91 Å². The summed E-state index contributed by atoms with van der Waals surface area (Å²) >= 11 is 0. The summed E-state index contributed by atoms with van der Waals surface area (Å²) in [6.07, 6.45) is 0.951. The largest absolute Gasteiger partial charge is 0.495 e. The lowest BCUT2D eigenvalue weighted by molar-refractivity contribution is 0.0995. The smallest absolute Gasteiger partial charge is 0.273 e. The van der Waals surface area contributed by atoms with Crippen molar-refractivity contribution in [3.63, 3.8) is 0 Å². The molecule has 0 radical (unpaired) electrons. The molecule has 0 aliphatic carbocycles. The van der Waals surface area contributed by atoms with E-state index in [0.717, 1.165) is 26.1 Å². The van der Waals surface area contributed by atoms with Crippen LogP contribution in [0.25, 0.3) is 0 Å². The maximum absolute atomic E-state index is 13.6. The fourth-order valence-electron chi connectivity index (χ4n) is 3.64. The van der Waals surface area contributed by atoms with Crippen LogP contribution in [0.2, 0.25) is 0 Å². The Labute approximate surface area is 184 Å². The van der Waals surface area contributed by atoms with E-state index in [1.54, 1.807) is 13.2 Å². The van der Waals surface area contributed by atoms with Crippen molar-refractivity contribution in [2.24, 2.45) is 5.73 Å². The zero-order chi connectivity index (χ0) is 22.7. The first-order chi connectivity index (χ1) is 15.5. The van der Waals surface area contributed by atoms with Gasteiger partial charge in [-0.1, -0.05) is 13.0 Å². The van der Waals surface area contributed by atoms with E-state index in [9.17, 15) is 9.18 Å². The lowest BCUT2D eigenvalue weighted by atomic mass is 9.98. The molecule has 0 unspecified atom stereocenters. The number of nitrogens with one attached hydrogen (secondary N) is 2. The van der Waals surface area contributed by atoms with Crippen LogP contribution in [-0.2, 0) is 13.0 Å². The average Bonchev–Trinajstić information content (AvgIpc) is 2.78. The Morgan fingerprint density at radius 2 is 2.06 bits per heavy atom. The van der Waals surface area contributed by atoms with Gasteiger partial charge in [0.1, 0.15) is 11.6 Å². The minimum atomic E-state index is -0.804. The molecule has 3 aromatic rings. The van der Waals surface area contributed by atoms with Crippen LogP contribution in [0, 0.1) is 5.82 Å². The number of rotatable bonds is 7. The van der Waals surface area contributed by atoms with Crippen LogP contribution in [0.15, 0.2) is 36.4 Å². The molecule has 0 atom stereocenters. The van der Waals surface area contributed by atoms with E-state index in [1.807, 2.05) is 12.1 Å². The van der Waals surface area contributed by atoms with Gasteiger partial charge in [0.05, 0.1) is 12.8 Å². The van der Waals surface area contributed by atoms with Crippen molar-refractivity contribution in [2.45, 2.75) is 19.9 Å². The summed E-state index contributed by atoms with van der Waals surface area (Å²) < 4.78 is 19.1. The predicted molar refractivity (Wildman–Crippen MR) is 119 cm³/mol. The molecule has 4 rings (SSSR count). The van der Waals surface area contributed by atoms with Gasteiger partial charge in [-0.2, -0.15) is 4.98 Å². The maximum Gasteiger partial charge on any atom is 0.273 e. The number of carbonyl (C=O) groups is 1. The van der Waals surface area contributed by atoms with Crippen molar-refractivity contribution in [3.8, 4) is 5.75 Å². The molecule has 32 heavy (non-hydrogen) atoms. The lowest BCUT2D eigenvalue weighted by Crippen LogP contribution is -2.30. The van der Waals surface area contributed by atoms with E-state index < -0.39 is 11.7 Å². The molecular formula is C22H24FN7O2. The Bertz CT molecular complexity index is 1160. The molecule has 4 N–H and O–H groups in total. The van der Waals surface area contributed by atoms with E-state index in [-0.39, 0.29) is 17.5 Å². The van der Waals surface area contributed by atoms with Crippen LogP contribution in [-0.4, -0.2) is 46.2 Å². The summed E-state index contributed by atoms with van der Waals surface area (Å²) in [6, 6.07) is 9.78. The molecule has 1 aliphatic heterocycles. The molecule has 2 aromatic carbocycles. The second-order valence-corrected chi connectivity index (χ2v) is 7.40. The number of carbonyl (C=O) groups excluding carboxylic acids is 1. The number of benzene rings is 2. The second kappa shape index (κ2) is 9.15.